The van der Waals surface area contributed by atoms with Crippen LogP contribution in [0.5, 0.6) is 0 Å². The Balaban J connectivity index is 1.55. The molecule has 3 rings (SSSR count). The van der Waals surface area contributed by atoms with Crippen molar-refractivity contribution in [1.29, 1.82) is 0 Å². The molecule has 1 aromatic heterocycles. The summed E-state index contributed by atoms with van der Waals surface area (Å²) in [6.07, 6.45) is 4.90. The van der Waals surface area contributed by atoms with Crippen molar-refractivity contribution in [1.82, 2.24) is 15.3 Å². The number of piperidine rings is 1. The SMILES string of the molecule is CCc1cc(N2CCCC(NC(=O)C3CC(F)(CN)C3)C2)ncn1. The second-order valence-electron chi connectivity index (χ2n) is 6.98. The third-order valence-electron chi connectivity index (χ3n) is 5.12. The molecule has 1 aromatic rings. The number of nitrogens with zero attached hydrogens (tertiary/aromatic N) is 3. The standard InChI is InChI=1S/C17H26FN5O/c1-2-13-6-15(21-11-20-13)23-5-3-4-14(9-23)22-16(24)12-7-17(18,8-12)10-19/h6,11-12,14H,2-5,7-10,19H2,1H3,(H,22,24). The number of nitrogens with two attached hydrogens (primary N) is 1. The topological polar surface area (TPSA) is 84.1 Å². The molecule has 6 nitrogen and oxygen atoms in total. The van der Waals surface area contributed by atoms with Crippen LogP contribution in [-0.2, 0) is 11.2 Å². The van der Waals surface area contributed by atoms with Gasteiger partial charge in [-0.15, -0.1) is 0 Å². The van der Waals surface area contributed by atoms with Gasteiger partial charge in [0.25, 0.3) is 0 Å². The fourth-order valence-electron chi connectivity index (χ4n) is 3.55. The number of carbonyl (C=O) groups is 1. The van der Waals surface area contributed by atoms with E-state index in [0.29, 0.717) is 0 Å². The number of hydrogen-bond donors (Lipinski definition) is 2. The number of rotatable bonds is 5. The highest BCUT2D eigenvalue weighted by Crippen LogP contribution is 2.40. The van der Waals surface area contributed by atoms with Crippen molar-refractivity contribution in [2.24, 2.45) is 11.7 Å². The number of halogens is 1. The number of amides is 1. The number of anilines is 1. The highest BCUT2D eigenvalue weighted by molar-refractivity contribution is 5.80. The molecule has 132 valence electrons. The summed E-state index contributed by atoms with van der Waals surface area (Å²) in [6.45, 7) is 3.73. The molecule has 2 heterocycles. The van der Waals surface area contributed by atoms with Crippen molar-refractivity contribution >= 4 is 11.7 Å². The molecule has 0 radical (unpaired) electrons. The van der Waals surface area contributed by atoms with Crippen molar-refractivity contribution in [3.8, 4) is 0 Å². The quantitative estimate of drug-likeness (QED) is 0.845. The maximum absolute atomic E-state index is 13.9. The summed E-state index contributed by atoms with van der Waals surface area (Å²) < 4.78 is 13.9. The van der Waals surface area contributed by atoms with Crippen LogP contribution in [0, 0.1) is 5.92 Å². The first kappa shape index (κ1) is 17.1. The molecule has 1 amide bonds. The van der Waals surface area contributed by atoms with Crippen LogP contribution in [0.2, 0.25) is 0 Å². The lowest BCUT2D eigenvalue weighted by Crippen LogP contribution is -2.55. The molecule has 3 N–H and O–H groups in total. The van der Waals surface area contributed by atoms with Gasteiger partial charge in [-0.25, -0.2) is 14.4 Å². The molecule has 1 unspecified atom stereocenters. The van der Waals surface area contributed by atoms with E-state index < -0.39 is 5.67 Å². The minimum atomic E-state index is -1.34. The van der Waals surface area contributed by atoms with Crippen LogP contribution in [0.3, 0.4) is 0 Å². The summed E-state index contributed by atoms with van der Waals surface area (Å²) in [7, 11) is 0. The summed E-state index contributed by atoms with van der Waals surface area (Å²) >= 11 is 0. The Labute approximate surface area is 142 Å². The summed E-state index contributed by atoms with van der Waals surface area (Å²) in [5.74, 6) is 0.635. The predicted octanol–water partition coefficient (Wildman–Crippen LogP) is 1.20. The van der Waals surface area contributed by atoms with Gasteiger partial charge in [0.05, 0.1) is 0 Å². The van der Waals surface area contributed by atoms with Crippen LogP contribution >= 0.6 is 0 Å². The van der Waals surface area contributed by atoms with E-state index in [-0.39, 0.29) is 37.3 Å². The van der Waals surface area contributed by atoms with E-state index in [1.807, 2.05) is 6.07 Å². The molecule has 0 aromatic carbocycles. The van der Waals surface area contributed by atoms with Gasteiger partial charge in [-0.2, -0.15) is 0 Å². The van der Waals surface area contributed by atoms with Crippen LogP contribution in [0.1, 0.15) is 38.3 Å². The van der Waals surface area contributed by atoms with Crippen molar-refractivity contribution in [2.45, 2.75) is 50.7 Å². The van der Waals surface area contributed by atoms with E-state index >= 15 is 0 Å². The number of carbonyl (C=O) groups excluding carboxylic acids is 1. The normalized spacial score (nSPS) is 29.9. The van der Waals surface area contributed by atoms with E-state index in [1.165, 1.54) is 0 Å². The van der Waals surface area contributed by atoms with Gasteiger partial charge in [0.1, 0.15) is 17.8 Å². The van der Waals surface area contributed by atoms with Crippen molar-refractivity contribution in [3.63, 3.8) is 0 Å². The minimum Gasteiger partial charge on any atom is -0.354 e. The molecule has 0 bridgehead atoms. The molecule has 1 saturated carbocycles. The molecule has 1 aliphatic carbocycles. The van der Waals surface area contributed by atoms with Gasteiger partial charge < -0.3 is 16.0 Å². The molecule has 2 aliphatic rings. The van der Waals surface area contributed by atoms with Gasteiger partial charge in [0.2, 0.25) is 5.91 Å². The van der Waals surface area contributed by atoms with E-state index in [1.54, 1.807) is 6.33 Å². The Hall–Kier alpha value is -1.76. The number of nitrogens with one attached hydrogen (secondary N) is 1. The molecule has 1 aliphatic heterocycles. The third kappa shape index (κ3) is 3.66. The van der Waals surface area contributed by atoms with Gasteiger partial charge in [0.15, 0.2) is 0 Å². The van der Waals surface area contributed by atoms with Gasteiger partial charge in [0, 0.05) is 43.4 Å². The zero-order valence-corrected chi connectivity index (χ0v) is 14.2. The molecule has 1 atom stereocenters. The Bertz CT molecular complexity index is 590. The van der Waals surface area contributed by atoms with Gasteiger partial charge in [-0.1, -0.05) is 6.92 Å². The largest absolute Gasteiger partial charge is 0.354 e. The molecular formula is C17H26FN5O. The Morgan fingerprint density at radius 3 is 3.00 bits per heavy atom. The zero-order valence-electron chi connectivity index (χ0n) is 14.2. The lowest BCUT2D eigenvalue weighted by atomic mass is 9.72. The van der Waals surface area contributed by atoms with Crippen LogP contribution in [0.4, 0.5) is 10.2 Å². The maximum Gasteiger partial charge on any atom is 0.223 e. The highest BCUT2D eigenvalue weighted by atomic mass is 19.1. The van der Waals surface area contributed by atoms with E-state index in [9.17, 15) is 9.18 Å². The third-order valence-corrected chi connectivity index (χ3v) is 5.12. The fourth-order valence-corrected chi connectivity index (χ4v) is 3.55. The monoisotopic (exact) mass is 335 g/mol. The summed E-state index contributed by atoms with van der Waals surface area (Å²) in [5.41, 5.74) is 5.08. The molecule has 2 fully saturated rings. The molecule has 7 heteroatoms. The predicted molar refractivity (Wildman–Crippen MR) is 90.4 cm³/mol. The highest BCUT2D eigenvalue weighted by Gasteiger charge is 2.47. The minimum absolute atomic E-state index is 0.00145. The van der Waals surface area contributed by atoms with E-state index in [4.69, 9.17) is 5.73 Å². The molecular weight excluding hydrogens is 309 g/mol. The first-order chi connectivity index (χ1) is 11.5. The maximum atomic E-state index is 13.9. The first-order valence-corrected chi connectivity index (χ1v) is 8.78. The summed E-state index contributed by atoms with van der Waals surface area (Å²) in [4.78, 5) is 23.1. The lowest BCUT2D eigenvalue weighted by Gasteiger charge is -2.41. The molecule has 24 heavy (non-hydrogen) atoms. The molecule has 1 saturated heterocycles. The van der Waals surface area contributed by atoms with Crippen LogP contribution < -0.4 is 16.0 Å². The molecule has 0 spiro atoms. The van der Waals surface area contributed by atoms with E-state index in [0.717, 1.165) is 43.9 Å². The smallest absolute Gasteiger partial charge is 0.223 e. The number of aryl methyl sites for hydroxylation is 1. The average molecular weight is 335 g/mol. The van der Waals surface area contributed by atoms with Crippen LogP contribution in [-0.4, -0.2) is 47.2 Å². The summed E-state index contributed by atoms with van der Waals surface area (Å²) in [6, 6.07) is 2.09. The zero-order chi connectivity index (χ0) is 17.2. The van der Waals surface area contributed by atoms with Crippen molar-refractivity contribution in [2.75, 3.05) is 24.5 Å². The Morgan fingerprint density at radius 2 is 2.29 bits per heavy atom. The van der Waals surface area contributed by atoms with Gasteiger partial charge in [-0.3, -0.25) is 4.79 Å². The van der Waals surface area contributed by atoms with E-state index in [2.05, 4.69) is 27.1 Å². The number of aromatic nitrogens is 2. The summed E-state index contributed by atoms with van der Waals surface area (Å²) in [5, 5.41) is 3.08. The van der Waals surface area contributed by atoms with Crippen LogP contribution in [0.25, 0.3) is 0 Å². The van der Waals surface area contributed by atoms with Crippen molar-refractivity contribution < 1.29 is 9.18 Å². The number of hydrogen-bond acceptors (Lipinski definition) is 5. The van der Waals surface area contributed by atoms with Gasteiger partial charge >= 0.3 is 0 Å². The number of alkyl halides is 1. The van der Waals surface area contributed by atoms with Crippen LogP contribution in [0.15, 0.2) is 12.4 Å². The Kier molecular flexibility index (Phi) is 4.99. The van der Waals surface area contributed by atoms with Crippen molar-refractivity contribution in [3.05, 3.63) is 18.1 Å². The fraction of sp³-hybridized carbons (Fsp3) is 0.706. The van der Waals surface area contributed by atoms with Gasteiger partial charge in [-0.05, 0) is 32.1 Å². The second kappa shape index (κ2) is 7.01. The Morgan fingerprint density at radius 1 is 1.50 bits per heavy atom. The average Bonchev–Trinajstić information content (AvgIpc) is 2.59. The first-order valence-electron chi connectivity index (χ1n) is 8.78. The second-order valence-corrected chi connectivity index (χ2v) is 6.98. The lowest BCUT2D eigenvalue weighted by molar-refractivity contribution is -0.134.